The van der Waals surface area contributed by atoms with E-state index in [1.54, 1.807) is 12.1 Å². The highest BCUT2D eigenvalue weighted by molar-refractivity contribution is 5.23. The molecule has 1 nitrogen and oxygen atoms in total. The Balaban J connectivity index is 2.17. The normalized spacial score (nSPS) is 23.7. The fourth-order valence-corrected chi connectivity index (χ4v) is 2.20. The molecule has 2 unspecified atom stereocenters. The first kappa shape index (κ1) is 9.66. The highest BCUT2D eigenvalue weighted by Crippen LogP contribution is 2.26. The van der Waals surface area contributed by atoms with Crippen LogP contribution < -0.4 is 5.32 Å². The Hall–Kier alpha value is -0.890. The van der Waals surface area contributed by atoms with Gasteiger partial charge < -0.3 is 5.32 Å². The molecule has 1 heterocycles. The second-order valence-electron chi connectivity index (χ2n) is 4.01. The molecular weight excluding hydrogens is 177 g/mol. The lowest BCUT2D eigenvalue weighted by Gasteiger charge is -2.20. The van der Waals surface area contributed by atoms with Crippen LogP contribution in [0.15, 0.2) is 24.3 Å². The van der Waals surface area contributed by atoms with Gasteiger partial charge >= 0.3 is 0 Å². The summed E-state index contributed by atoms with van der Waals surface area (Å²) in [5, 5.41) is 3.42. The van der Waals surface area contributed by atoms with Crippen LogP contribution in [0.4, 0.5) is 4.39 Å². The minimum atomic E-state index is -0.0753. The molecule has 0 saturated carbocycles. The molecule has 1 N–H and O–H groups in total. The second-order valence-corrected chi connectivity index (χ2v) is 4.01. The Morgan fingerprint density at radius 3 is 2.86 bits per heavy atom. The van der Waals surface area contributed by atoms with Gasteiger partial charge in [-0.2, -0.15) is 0 Å². The number of hydrogen-bond donors (Lipinski definition) is 1. The van der Waals surface area contributed by atoms with E-state index >= 15 is 0 Å². The van der Waals surface area contributed by atoms with Gasteiger partial charge in [0.2, 0.25) is 0 Å². The van der Waals surface area contributed by atoms with Crippen LogP contribution in [0.3, 0.4) is 0 Å². The van der Waals surface area contributed by atoms with Gasteiger partial charge in [-0.25, -0.2) is 4.39 Å². The summed E-state index contributed by atoms with van der Waals surface area (Å²) in [6.45, 7) is 3.17. The zero-order valence-electron chi connectivity index (χ0n) is 8.46. The van der Waals surface area contributed by atoms with E-state index in [4.69, 9.17) is 0 Å². The molecule has 0 bridgehead atoms. The number of benzene rings is 1. The Labute approximate surface area is 84.3 Å². The summed E-state index contributed by atoms with van der Waals surface area (Å²) in [6, 6.07) is 7.53. The van der Waals surface area contributed by atoms with E-state index in [1.807, 2.05) is 12.1 Å². The van der Waals surface area contributed by atoms with Crippen LogP contribution in [0, 0.1) is 5.82 Å². The molecule has 0 aliphatic carbocycles. The quantitative estimate of drug-likeness (QED) is 0.761. The van der Waals surface area contributed by atoms with Gasteiger partial charge in [-0.15, -0.1) is 0 Å². The van der Waals surface area contributed by atoms with E-state index in [0.717, 1.165) is 18.5 Å². The molecule has 14 heavy (non-hydrogen) atoms. The summed E-state index contributed by atoms with van der Waals surface area (Å²) in [4.78, 5) is 0. The number of nitrogens with one attached hydrogen (secondary N) is 1. The summed E-state index contributed by atoms with van der Waals surface area (Å²) in [5.41, 5.74) is 0.840. The Morgan fingerprint density at radius 2 is 2.21 bits per heavy atom. The van der Waals surface area contributed by atoms with Crippen LogP contribution in [0.5, 0.6) is 0 Å². The van der Waals surface area contributed by atoms with Gasteiger partial charge in [0.15, 0.2) is 0 Å². The van der Waals surface area contributed by atoms with Crippen molar-refractivity contribution >= 4 is 0 Å². The lowest BCUT2D eigenvalue weighted by molar-refractivity contribution is 0.492. The molecule has 2 atom stereocenters. The van der Waals surface area contributed by atoms with Gasteiger partial charge in [0.1, 0.15) is 5.82 Å². The molecule has 76 valence electrons. The van der Waals surface area contributed by atoms with Gasteiger partial charge in [-0.3, -0.25) is 0 Å². The molecule has 2 rings (SSSR count). The van der Waals surface area contributed by atoms with Crippen LogP contribution in [0.25, 0.3) is 0 Å². The Bertz CT molecular complexity index is 305. The zero-order chi connectivity index (χ0) is 9.97. The van der Waals surface area contributed by atoms with Crippen molar-refractivity contribution in [3.05, 3.63) is 35.6 Å². The highest BCUT2D eigenvalue weighted by atomic mass is 19.1. The zero-order valence-corrected chi connectivity index (χ0v) is 8.46. The number of rotatable bonds is 2. The van der Waals surface area contributed by atoms with Crippen LogP contribution in [0.1, 0.15) is 31.2 Å². The predicted molar refractivity (Wildman–Crippen MR) is 55.8 cm³/mol. The average molecular weight is 193 g/mol. The number of hydrogen-bond acceptors (Lipinski definition) is 1. The van der Waals surface area contributed by atoms with Crippen LogP contribution >= 0.6 is 0 Å². The largest absolute Gasteiger partial charge is 0.313 e. The predicted octanol–water partition coefficient (Wildman–Crippen LogP) is 2.68. The lowest BCUT2D eigenvalue weighted by atomic mass is 9.92. The monoisotopic (exact) mass is 193 g/mol. The van der Waals surface area contributed by atoms with Gasteiger partial charge in [-0.1, -0.05) is 25.1 Å². The molecule has 0 aromatic heterocycles. The van der Waals surface area contributed by atoms with Crippen molar-refractivity contribution in [1.29, 1.82) is 0 Å². The summed E-state index contributed by atoms with van der Waals surface area (Å²) in [7, 11) is 0. The van der Waals surface area contributed by atoms with Crippen molar-refractivity contribution in [2.75, 3.05) is 6.54 Å². The molecule has 1 aliphatic heterocycles. The van der Waals surface area contributed by atoms with Crippen molar-refractivity contribution in [2.45, 2.75) is 31.7 Å². The maximum absolute atomic E-state index is 13.5. The second kappa shape index (κ2) is 4.09. The molecular formula is C12H16FN. The van der Waals surface area contributed by atoms with E-state index in [1.165, 1.54) is 6.42 Å². The summed E-state index contributed by atoms with van der Waals surface area (Å²) >= 11 is 0. The van der Waals surface area contributed by atoms with E-state index in [-0.39, 0.29) is 11.7 Å². The lowest BCUT2D eigenvalue weighted by Crippen LogP contribution is -2.27. The minimum Gasteiger partial charge on any atom is -0.313 e. The van der Waals surface area contributed by atoms with E-state index in [2.05, 4.69) is 12.2 Å². The first-order chi connectivity index (χ1) is 6.79. The average Bonchev–Trinajstić information content (AvgIpc) is 2.70. The van der Waals surface area contributed by atoms with Gasteiger partial charge in [0.05, 0.1) is 0 Å². The SMILES string of the molecule is CC(c1ccccc1F)C1CCCN1. The summed E-state index contributed by atoms with van der Waals surface area (Å²) < 4.78 is 13.5. The van der Waals surface area contributed by atoms with E-state index in [0.29, 0.717) is 6.04 Å². The van der Waals surface area contributed by atoms with Gasteiger partial charge in [0.25, 0.3) is 0 Å². The van der Waals surface area contributed by atoms with Crippen molar-refractivity contribution in [2.24, 2.45) is 0 Å². The molecule has 0 amide bonds. The van der Waals surface area contributed by atoms with Gasteiger partial charge in [-0.05, 0) is 36.9 Å². The van der Waals surface area contributed by atoms with Crippen molar-refractivity contribution in [3.63, 3.8) is 0 Å². The van der Waals surface area contributed by atoms with Crippen molar-refractivity contribution in [3.8, 4) is 0 Å². The minimum absolute atomic E-state index is 0.0753. The molecule has 1 aromatic carbocycles. The molecule has 1 aromatic rings. The topological polar surface area (TPSA) is 12.0 Å². The number of halogens is 1. The Kier molecular flexibility index (Phi) is 2.82. The fraction of sp³-hybridized carbons (Fsp3) is 0.500. The molecule has 2 heteroatoms. The summed E-state index contributed by atoms with van der Waals surface area (Å²) in [5.74, 6) is 0.201. The van der Waals surface area contributed by atoms with Crippen LogP contribution in [-0.2, 0) is 0 Å². The van der Waals surface area contributed by atoms with E-state index < -0.39 is 0 Å². The maximum Gasteiger partial charge on any atom is 0.126 e. The van der Waals surface area contributed by atoms with Crippen molar-refractivity contribution < 1.29 is 4.39 Å². The Morgan fingerprint density at radius 1 is 1.43 bits per heavy atom. The van der Waals surface area contributed by atoms with Crippen LogP contribution in [0.2, 0.25) is 0 Å². The third-order valence-corrected chi connectivity index (χ3v) is 3.10. The molecule has 1 aliphatic rings. The smallest absolute Gasteiger partial charge is 0.126 e. The molecule has 0 radical (unpaired) electrons. The highest BCUT2D eigenvalue weighted by Gasteiger charge is 2.23. The molecule has 1 fully saturated rings. The first-order valence-corrected chi connectivity index (χ1v) is 5.27. The van der Waals surface area contributed by atoms with Crippen molar-refractivity contribution in [1.82, 2.24) is 5.32 Å². The van der Waals surface area contributed by atoms with E-state index in [9.17, 15) is 4.39 Å². The molecule has 1 saturated heterocycles. The summed E-state index contributed by atoms with van der Waals surface area (Å²) in [6.07, 6.45) is 2.37. The first-order valence-electron chi connectivity index (χ1n) is 5.27. The third kappa shape index (κ3) is 1.80. The third-order valence-electron chi connectivity index (χ3n) is 3.10. The van der Waals surface area contributed by atoms with Crippen LogP contribution in [-0.4, -0.2) is 12.6 Å². The molecule has 0 spiro atoms. The fourth-order valence-electron chi connectivity index (χ4n) is 2.20. The standard InChI is InChI=1S/C12H16FN/c1-9(12-7-4-8-14-12)10-5-2-3-6-11(10)13/h2-3,5-6,9,12,14H,4,7-8H2,1H3. The van der Waals surface area contributed by atoms with Gasteiger partial charge in [0, 0.05) is 6.04 Å². The maximum atomic E-state index is 13.5.